The Hall–Kier alpha value is -2.06. The van der Waals surface area contributed by atoms with Crippen molar-refractivity contribution < 1.29 is 9.15 Å². The first kappa shape index (κ1) is 17.1. The molecule has 4 heterocycles. The number of rotatable bonds is 4. The Morgan fingerprint density at radius 2 is 1.96 bits per heavy atom. The van der Waals surface area contributed by atoms with Gasteiger partial charge in [-0.2, -0.15) is 0 Å². The number of fused-ring (bicyclic) bond motifs is 1. The zero-order valence-corrected chi connectivity index (χ0v) is 16.8. The summed E-state index contributed by atoms with van der Waals surface area (Å²) >= 11 is 1.76. The molecular formula is C19H23N5O2S. The van der Waals surface area contributed by atoms with Gasteiger partial charge in [-0.25, -0.2) is 9.97 Å². The zero-order valence-electron chi connectivity index (χ0n) is 16.0. The lowest BCUT2D eigenvalue weighted by Gasteiger charge is -2.24. The molecule has 2 atom stereocenters. The van der Waals surface area contributed by atoms with Crippen LogP contribution in [0.25, 0.3) is 10.2 Å². The van der Waals surface area contributed by atoms with Crippen molar-refractivity contribution in [3.63, 3.8) is 0 Å². The van der Waals surface area contributed by atoms with Crippen LogP contribution in [0.2, 0.25) is 0 Å². The van der Waals surface area contributed by atoms with Gasteiger partial charge in [0, 0.05) is 37.8 Å². The molecule has 0 aromatic carbocycles. The first-order valence-electron chi connectivity index (χ1n) is 9.42. The summed E-state index contributed by atoms with van der Waals surface area (Å²) in [5.41, 5.74) is 1.26. The van der Waals surface area contributed by atoms with Gasteiger partial charge in [-0.1, -0.05) is 0 Å². The first-order chi connectivity index (χ1) is 13.0. The third kappa shape index (κ3) is 2.82. The molecule has 1 aliphatic carbocycles. The number of methoxy groups -OCH3 is 1. The van der Waals surface area contributed by atoms with E-state index in [0.29, 0.717) is 17.7 Å². The van der Waals surface area contributed by atoms with E-state index in [1.54, 1.807) is 18.4 Å². The first-order valence-corrected chi connectivity index (χ1v) is 10.2. The number of aryl methyl sites for hydroxylation is 3. The van der Waals surface area contributed by atoms with Gasteiger partial charge < -0.3 is 14.1 Å². The molecule has 5 rings (SSSR count). The summed E-state index contributed by atoms with van der Waals surface area (Å²) in [6.07, 6.45) is 3.28. The molecule has 1 aliphatic heterocycles. The average Bonchev–Trinajstić information content (AvgIpc) is 3.17. The number of hydrogen-bond donors (Lipinski definition) is 0. The molecule has 0 spiro atoms. The van der Waals surface area contributed by atoms with Crippen LogP contribution in [0.15, 0.2) is 4.42 Å². The fourth-order valence-corrected chi connectivity index (χ4v) is 4.89. The highest BCUT2D eigenvalue weighted by Gasteiger charge is 2.39. The largest absolute Gasteiger partial charge is 0.423 e. The summed E-state index contributed by atoms with van der Waals surface area (Å²) in [6, 6.07) is -0.0269. The standard InChI is InChI=1S/C19H23N5O2S/c1-9-10(2)27-19-15(9)17(20-16(21-19)12-5-6-12)24-8-13(25-4)7-14(24)18-23-22-11(3)26-18/h12-14H,5-8H2,1-4H3/t13-,14+/m0/s1. The summed E-state index contributed by atoms with van der Waals surface area (Å²) in [5.74, 6) is 3.68. The van der Waals surface area contributed by atoms with E-state index in [-0.39, 0.29) is 12.1 Å². The van der Waals surface area contributed by atoms with Gasteiger partial charge in [0.2, 0.25) is 11.8 Å². The van der Waals surface area contributed by atoms with Gasteiger partial charge in [0.25, 0.3) is 0 Å². The number of hydrogen-bond acceptors (Lipinski definition) is 8. The molecule has 3 aromatic rings. The Labute approximate surface area is 161 Å². The van der Waals surface area contributed by atoms with Crippen LogP contribution in [-0.4, -0.2) is 39.9 Å². The second-order valence-electron chi connectivity index (χ2n) is 7.56. The normalized spacial score (nSPS) is 22.9. The highest BCUT2D eigenvalue weighted by molar-refractivity contribution is 7.18. The van der Waals surface area contributed by atoms with Crippen LogP contribution in [0.3, 0.4) is 0 Å². The van der Waals surface area contributed by atoms with Crippen molar-refractivity contribution in [3.8, 4) is 0 Å². The second-order valence-corrected chi connectivity index (χ2v) is 8.77. The third-order valence-corrected chi connectivity index (χ3v) is 6.77. The second kappa shape index (κ2) is 6.24. The van der Waals surface area contributed by atoms with Gasteiger partial charge in [0.15, 0.2) is 0 Å². The number of anilines is 1. The Morgan fingerprint density at radius 3 is 2.63 bits per heavy atom. The summed E-state index contributed by atoms with van der Waals surface area (Å²) in [4.78, 5) is 14.6. The topological polar surface area (TPSA) is 77.2 Å². The fourth-order valence-electron chi connectivity index (χ4n) is 3.86. The van der Waals surface area contributed by atoms with Crippen molar-refractivity contribution in [3.05, 3.63) is 28.0 Å². The van der Waals surface area contributed by atoms with Crippen molar-refractivity contribution >= 4 is 27.4 Å². The maximum atomic E-state index is 5.79. The van der Waals surface area contributed by atoms with Gasteiger partial charge in [0.05, 0.1) is 11.5 Å². The van der Waals surface area contributed by atoms with Crippen LogP contribution < -0.4 is 4.90 Å². The summed E-state index contributed by atoms with van der Waals surface area (Å²) < 4.78 is 11.5. The van der Waals surface area contributed by atoms with E-state index >= 15 is 0 Å². The number of ether oxygens (including phenoxy) is 1. The van der Waals surface area contributed by atoms with Gasteiger partial charge in [-0.3, -0.25) is 0 Å². The van der Waals surface area contributed by atoms with E-state index in [0.717, 1.165) is 34.8 Å². The van der Waals surface area contributed by atoms with Crippen molar-refractivity contribution in [1.29, 1.82) is 0 Å². The smallest absolute Gasteiger partial charge is 0.238 e. The Balaban J connectivity index is 1.67. The molecule has 3 aromatic heterocycles. The van der Waals surface area contributed by atoms with Gasteiger partial charge in [-0.15, -0.1) is 21.5 Å². The van der Waals surface area contributed by atoms with E-state index in [1.165, 1.54) is 23.3 Å². The lowest BCUT2D eigenvalue weighted by atomic mass is 10.1. The molecule has 27 heavy (non-hydrogen) atoms. The lowest BCUT2D eigenvalue weighted by molar-refractivity contribution is 0.117. The Kier molecular flexibility index (Phi) is 3.94. The highest BCUT2D eigenvalue weighted by atomic mass is 32.1. The lowest BCUT2D eigenvalue weighted by Crippen LogP contribution is -2.26. The van der Waals surface area contributed by atoms with Gasteiger partial charge in [0.1, 0.15) is 22.5 Å². The van der Waals surface area contributed by atoms with Crippen LogP contribution in [0.4, 0.5) is 5.82 Å². The third-order valence-electron chi connectivity index (χ3n) is 5.66. The molecule has 8 heteroatoms. The fraction of sp³-hybridized carbons (Fsp3) is 0.579. The number of nitrogens with zero attached hydrogens (tertiary/aromatic N) is 5. The van der Waals surface area contributed by atoms with E-state index in [4.69, 9.17) is 19.1 Å². The molecule has 0 radical (unpaired) electrons. The monoisotopic (exact) mass is 385 g/mol. The van der Waals surface area contributed by atoms with Gasteiger partial charge >= 0.3 is 0 Å². The zero-order chi connectivity index (χ0) is 18.7. The van der Waals surface area contributed by atoms with E-state index < -0.39 is 0 Å². The molecule has 0 amide bonds. The molecule has 142 valence electrons. The molecule has 2 fully saturated rings. The van der Waals surface area contributed by atoms with Crippen LogP contribution >= 0.6 is 11.3 Å². The molecule has 1 saturated carbocycles. The average molecular weight is 385 g/mol. The summed E-state index contributed by atoms with van der Waals surface area (Å²) in [5, 5.41) is 9.48. The van der Waals surface area contributed by atoms with E-state index in [9.17, 15) is 0 Å². The minimum Gasteiger partial charge on any atom is -0.423 e. The number of aromatic nitrogens is 4. The quantitative estimate of drug-likeness (QED) is 0.675. The van der Waals surface area contributed by atoms with Gasteiger partial charge in [-0.05, 0) is 32.3 Å². The molecule has 2 aliphatic rings. The van der Waals surface area contributed by atoms with Crippen LogP contribution in [0.1, 0.15) is 59.3 Å². The minimum atomic E-state index is -0.0269. The predicted molar refractivity (Wildman–Crippen MR) is 103 cm³/mol. The van der Waals surface area contributed by atoms with Crippen molar-refractivity contribution in [1.82, 2.24) is 20.2 Å². The van der Waals surface area contributed by atoms with Crippen LogP contribution in [0, 0.1) is 20.8 Å². The Morgan fingerprint density at radius 1 is 1.15 bits per heavy atom. The van der Waals surface area contributed by atoms with Crippen LogP contribution in [-0.2, 0) is 4.74 Å². The summed E-state index contributed by atoms with van der Waals surface area (Å²) in [7, 11) is 1.76. The minimum absolute atomic E-state index is 0.0269. The molecule has 1 saturated heterocycles. The Bertz CT molecular complexity index is 1010. The molecule has 7 nitrogen and oxygen atoms in total. The number of thiophene rings is 1. The summed E-state index contributed by atoms with van der Waals surface area (Å²) in [6.45, 7) is 6.90. The van der Waals surface area contributed by atoms with Crippen molar-refractivity contribution in [2.75, 3.05) is 18.6 Å². The molecule has 0 unspecified atom stereocenters. The highest BCUT2D eigenvalue weighted by Crippen LogP contribution is 2.45. The van der Waals surface area contributed by atoms with Crippen molar-refractivity contribution in [2.45, 2.75) is 58.1 Å². The molecule has 0 N–H and O–H groups in total. The predicted octanol–water partition coefficient (Wildman–Crippen LogP) is 3.84. The molecule has 0 bridgehead atoms. The molecular weight excluding hydrogens is 362 g/mol. The maximum Gasteiger partial charge on any atom is 0.238 e. The van der Waals surface area contributed by atoms with E-state index in [2.05, 4.69) is 28.9 Å². The van der Waals surface area contributed by atoms with Crippen molar-refractivity contribution in [2.24, 2.45) is 0 Å². The maximum absolute atomic E-state index is 5.79. The van der Waals surface area contributed by atoms with Crippen LogP contribution in [0.5, 0.6) is 0 Å². The van der Waals surface area contributed by atoms with E-state index in [1.807, 2.05) is 6.92 Å². The SMILES string of the molecule is CO[C@H]1C[C@H](c2nnc(C)o2)N(c2nc(C3CC3)nc3sc(C)c(C)c23)C1.